The zero-order valence-corrected chi connectivity index (χ0v) is 16.7. The maximum atomic E-state index is 13.5. The van der Waals surface area contributed by atoms with Gasteiger partial charge in [-0.3, -0.25) is 5.10 Å². The fraction of sp³-hybridized carbons (Fsp3) is 0.292. The Morgan fingerprint density at radius 2 is 1.73 bits per heavy atom. The predicted molar refractivity (Wildman–Crippen MR) is 116 cm³/mol. The molecule has 0 unspecified atom stereocenters. The SMILES string of the molecule is Nc1n[nH]c2ccc(-c3ccc(CC4(c5ccc(F)cc5)CCCCC4)nn3)cc12. The van der Waals surface area contributed by atoms with Gasteiger partial charge in [0.15, 0.2) is 5.82 Å². The molecule has 2 aromatic heterocycles. The van der Waals surface area contributed by atoms with Crippen molar-refractivity contribution in [3.63, 3.8) is 0 Å². The first-order valence-electron chi connectivity index (χ1n) is 10.5. The lowest BCUT2D eigenvalue weighted by Gasteiger charge is -2.37. The summed E-state index contributed by atoms with van der Waals surface area (Å²) in [4.78, 5) is 0. The molecule has 0 amide bonds. The molecule has 5 nitrogen and oxygen atoms in total. The second-order valence-electron chi connectivity index (χ2n) is 8.30. The van der Waals surface area contributed by atoms with E-state index in [2.05, 4.69) is 26.5 Å². The summed E-state index contributed by atoms with van der Waals surface area (Å²) in [7, 11) is 0. The third-order valence-corrected chi connectivity index (χ3v) is 6.39. The predicted octanol–water partition coefficient (Wildman–Crippen LogP) is 5.19. The second-order valence-corrected chi connectivity index (χ2v) is 8.30. The van der Waals surface area contributed by atoms with Crippen LogP contribution in [0.2, 0.25) is 0 Å². The molecule has 6 heteroatoms. The van der Waals surface area contributed by atoms with E-state index in [4.69, 9.17) is 5.73 Å². The van der Waals surface area contributed by atoms with Crippen LogP contribution in [0.5, 0.6) is 0 Å². The van der Waals surface area contributed by atoms with Crippen molar-refractivity contribution in [2.75, 3.05) is 5.73 Å². The summed E-state index contributed by atoms with van der Waals surface area (Å²) >= 11 is 0. The molecule has 0 spiro atoms. The van der Waals surface area contributed by atoms with Gasteiger partial charge in [0.25, 0.3) is 0 Å². The van der Waals surface area contributed by atoms with Crippen molar-refractivity contribution in [3.8, 4) is 11.3 Å². The minimum atomic E-state index is -0.191. The molecule has 5 rings (SSSR count). The van der Waals surface area contributed by atoms with E-state index in [0.29, 0.717) is 5.82 Å². The van der Waals surface area contributed by atoms with Crippen LogP contribution in [0.15, 0.2) is 54.6 Å². The minimum Gasteiger partial charge on any atom is -0.382 e. The number of fused-ring (bicyclic) bond motifs is 1. The van der Waals surface area contributed by atoms with Gasteiger partial charge in [-0.2, -0.15) is 15.3 Å². The van der Waals surface area contributed by atoms with E-state index in [0.717, 1.165) is 47.1 Å². The van der Waals surface area contributed by atoms with Gasteiger partial charge in [0.2, 0.25) is 0 Å². The lowest BCUT2D eigenvalue weighted by molar-refractivity contribution is 0.287. The van der Waals surface area contributed by atoms with Crippen molar-refractivity contribution in [2.45, 2.75) is 43.9 Å². The molecule has 4 aromatic rings. The molecule has 0 bridgehead atoms. The average molecular weight is 401 g/mol. The first-order chi connectivity index (χ1) is 14.6. The van der Waals surface area contributed by atoms with Crippen LogP contribution in [0, 0.1) is 5.82 Å². The Bertz CT molecular complexity index is 1160. The lowest BCUT2D eigenvalue weighted by Crippen LogP contribution is -2.32. The third kappa shape index (κ3) is 3.43. The van der Waals surface area contributed by atoms with Crippen LogP contribution in [-0.2, 0) is 11.8 Å². The van der Waals surface area contributed by atoms with Gasteiger partial charge in [-0.05, 0) is 54.8 Å². The maximum Gasteiger partial charge on any atom is 0.153 e. The highest BCUT2D eigenvalue weighted by atomic mass is 19.1. The Labute approximate surface area is 174 Å². The summed E-state index contributed by atoms with van der Waals surface area (Å²) in [5.41, 5.74) is 10.8. The first kappa shape index (κ1) is 18.7. The quantitative estimate of drug-likeness (QED) is 0.493. The van der Waals surface area contributed by atoms with Crippen LogP contribution < -0.4 is 5.73 Å². The largest absolute Gasteiger partial charge is 0.382 e. The van der Waals surface area contributed by atoms with Crippen molar-refractivity contribution in [1.82, 2.24) is 20.4 Å². The number of benzene rings is 2. The summed E-state index contributed by atoms with van der Waals surface area (Å²) in [5, 5.41) is 16.9. The Morgan fingerprint density at radius 1 is 0.933 bits per heavy atom. The fourth-order valence-corrected chi connectivity index (χ4v) is 4.75. The van der Waals surface area contributed by atoms with Gasteiger partial charge in [0.05, 0.1) is 16.9 Å². The van der Waals surface area contributed by atoms with Crippen LogP contribution in [0.4, 0.5) is 10.2 Å². The van der Waals surface area contributed by atoms with E-state index < -0.39 is 0 Å². The van der Waals surface area contributed by atoms with Crippen LogP contribution in [0.3, 0.4) is 0 Å². The smallest absolute Gasteiger partial charge is 0.153 e. The van der Waals surface area contributed by atoms with Crippen LogP contribution >= 0.6 is 0 Å². The molecule has 1 aliphatic rings. The zero-order valence-electron chi connectivity index (χ0n) is 16.7. The molecular weight excluding hydrogens is 377 g/mol. The average Bonchev–Trinajstić information content (AvgIpc) is 3.15. The fourth-order valence-electron chi connectivity index (χ4n) is 4.75. The summed E-state index contributed by atoms with van der Waals surface area (Å²) in [6.07, 6.45) is 6.65. The molecule has 0 saturated heterocycles. The standard InChI is InChI=1S/C24H24FN5/c25-18-7-5-17(6-8-18)24(12-2-1-3-13-24)15-19-9-11-21(28-27-19)16-4-10-22-20(14-16)23(26)30-29-22/h4-11,14H,1-3,12-13,15H2,(H3,26,29,30). The normalized spacial score (nSPS) is 16.0. The summed E-state index contributed by atoms with van der Waals surface area (Å²) in [6, 6.07) is 17.0. The topological polar surface area (TPSA) is 80.5 Å². The number of hydrogen-bond donors (Lipinski definition) is 2. The molecule has 0 atom stereocenters. The molecule has 1 aliphatic carbocycles. The third-order valence-electron chi connectivity index (χ3n) is 6.39. The Kier molecular flexibility index (Phi) is 4.69. The zero-order chi connectivity index (χ0) is 20.6. The monoisotopic (exact) mass is 401 g/mol. The van der Waals surface area contributed by atoms with E-state index in [-0.39, 0.29) is 11.2 Å². The van der Waals surface area contributed by atoms with Crippen LogP contribution in [0.25, 0.3) is 22.2 Å². The number of halogens is 1. The number of nitrogens with two attached hydrogens (primary N) is 1. The molecular formula is C24H24FN5. The van der Waals surface area contributed by atoms with Gasteiger partial charge in [-0.1, -0.05) is 37.5 Å². The molecule has 2 aromatic carbocycles. The number of aromatic nitrogens is 4. The number of H-pyrrole nitrogens is 1. The van der Waals surface area contributed by atoms with E-state index in [1.165, 1.54) is 24.8 Å². The Hall–Kier alpha value is -3.28. The number of nitrogens with one attached hydrogen (secondary N) is 1. The van der Waals surface area contributed by atoms with Crippen molar-refractivity contribution in [3.05, 3.63) is 71.7 Å². The molecule has 152 valence electrons. The van der Waals surface area contributed by atoms with Crippen molar-refractivity contribution >= 4 is 16.7 Å². The van der Waals surface area contributed by atoms with Gasteiger partial charge in [0, 0.05) is 22.8 Å². The molecule has 0 aliphatic heterocycles. The Balaban J connectivity index is 1.43. The number of nitrogens with zero attached hydrogens (tertiary/aromatic N) is 3. The Morgan fingerprint density at radius 3 is 2.47 bits per heavy atom. The van der Waals surface area contributed by atoms with E-state index in [1.807, 2.05) is 36.4 Å². The van der Waals surface area contributed by atoms with Gasteiger partial charge in [-0.25, -0.2) is 4.39 Å². The number of rotatable bonds is 4. The van der Waals surface area contributed by atoms with Gasteiger partial charge in [0.1, 0.15) is 5.82 Å². The molecule has 3 N–H and O–H groups in total. The van der Waals surface area contributed by atoms with Gasteiger partial charge < -0.3 is 5.73 Å². The van der Waals surface area contributed by atoms with E-state index in [1.54, 1.807) is 12.1 Å². The van der Waals surface area contributed by atoms with Gasteiger partial charge in [-0.15, -0.1) is 0 Å². The summed E-state index contributed by atoms with van der Waals surface area (Å²) in [6.45, 7) is 0. The molecule has 0 radical (unpaired) electrons. The molecule has 30 heavy (non-hydrogen) atoms. The van der Waals surface area contributed by atoms with Crippen LogP contribution in [-0.4, -0.2) is 20.4 Å². The lowest BCUT2D eigenvalue weighted by atomic mass is 9.67. The summed E-state index contributed by atoms with van der Waals surface area (Å²) in [5.74, 6) is 0.291. The van der Waals surface area contributed by atoms with Crippen molar-refractivity contribution in [1.29, 1.82) is 0 Å². The van der Waals surface area contributed by atoms with Gasteiger partial charge >= 0.3 is 0 Å². The van der Waals surface area contributed by atoms with Crippen molar-refractivity contribution < 1.29 is 4.39 Å². The van der Waals surface area contributed by atoms with Crippen molar-refractivity contribution in [2.24, 2.45) is 0 Å². The maximum absolute atomic E-state index is 13.5. The first-order valence-corrected chi connectivity index (χ1v) is 10.5. The summed E-state index contributed by atoms with van der Waals surface area (Å²) < 4.78 is 13.5. The van der Waals surface area contributed by atoms with E-state index in [9.17, 15) is 4.39 Å². The van der Waals surface area contributed by atoms with Crippen LogP contribution in [0.1, 0.15) is 43.4 Å². The second kappa shape index (κ2) is 7.52. The van der Waals surface area contributed by atoms with E-state index >= 15 is 0 Å². The molecule has 2 heterocycles. The molecule has 1 saturated carbocycles. The molecule has 1 fully saturated rings. The highest BCUT2D eigenvalue weighted by Crippen LogP contribution is 2.42. The highest BCUT2D eigenvalue weighted by molar-refractivity contribution is 5.91. The highest BCUT2D eigenvalue weighted by Gasteiger charge is 2.34. The number of hydrogen-bond acceptors (Lipinski definition) is 4. The number of nitrogen functional groups attached to an aromatic ring is 1. The number of anilines is 1. The number of aromatic amines is 1. The minimum absolute atomic E-state index is 0.00625.